The normalized spacial score (nSPS) is 16.5. The Kier molecular flexibility index (Phi) is 4.44. The van der Waals surface area contributed by atoms with Gasteiger partial charge in [-0.2, -0.15) is 4.98 Å². The molecule has 106 valence electrons. The van der Waals surface area contributed by atoms with Gasteiger partial charge in [0.15, 0.2) is 0 Å². The highest BCUT2D eigenvalue weighted by Crippen LogP contribution is 2.21. The maximum Gasteiger partial charge on any atom is 0.226 e. The van der Waals surface area contributed by atoms with E-state index in [-0.39, 0.29) is 6.61 Å². The molecule has 0 radical (unpaired) electrons. The third kappa shape index (κ3) is 3.92. The predicted octanol–water partition coefficient (Wildman–Crippen LogP) is 1.15. The highest BCUT2D eigenvalue weighted by molar-refractivity contribution is 6.29. The van der Waals surface area contributed by atoms with Crippen LogP contribution in [0.1, 0.15) is 13.8 Å². The number of nitrogens with zero attached hydrogens (tertiary/aromatic N) is 3. The topological polar surface area (TPSA) is 70.5 Å². The molecule has 0 amide bonds. The molecule has 7 heteroatoms. The summed E-state index contributed by atoms with van der Waals surface area (Å²) in [5.74, 6) is 1.20. The van der Waals surface area contributed by atoms with E-state index in [9.17, 15) is 5.11 Å². The number of aliphatic hydroxyl groups excluding tert-OH is 1. The first-order valence-electron chi connectivity index (χ1n) is 6.26. The van der Waals surface area contributed by atoms with Crippen LogP contribution in [0.4, 0.5) is 11.8 Å². The zero-order valence-corrected chi connectivity index (χ0v) is 11.9. The van der Waals surface area contributed by atoms with Gasteiger partial charge in [-0.25, -0.2) is 4.98 Å². The van der Waals surface area contributed by atoms with Crippen LogP contribution in [0, 0.1) is 0 Å². The largest absolute Gasteiger partial charge is 0.394 e. The molecule has 1 aromatic rings. The van der Waals surface area contributed by atoms with Crippen molar-refractivity contribution in [1.82, 2.24) is 9.97 Å². The van der Waals surface area contributed by atoms with Gasteiger partial charge in [0.25, 0.3) is 0 Å². The summed E-state index contributed by atoms with van der Waals surface area (Å²) < 4.78 is 5.31. The zero-order chi connectivity index (χ0) is 13.9. The Morgan fingerprint density at radius 3 is 2.74 bits per heavy atom. The summed E-state index contributed by atoms with van der Waals surface area (Å²) in [4.78, 5) is 10.7. The average molecular weight is 287 g/mol. The van der Waals surface area contributed by atoms with Crippen molar-refractivity contribution in [2.45, 2.75) is 19.4 Å². The van der Waals surface area contributed by atoms with Crippen molar-refractivity contribution in [2.24, 2.45) is 0 Å². The van der Waals surface area contributed by atoms with Gasteiger partial charge in [-0.1, -0.05) is 11.6 Å². The molecule has 1 aromatic heterocycles. The van der Waals surface area contributed by atoms with Crippen LogP contribution in [0.5, 0.6) is 0 Å². The van der Waals surface area contributed by atoms with Crippen molar-refractivity contribution in [3.05, 3.63) is 11.2 Å². The Hall–Kier alpha value is -1.11. The molecule has 0 unspecified atom stereocenters. The van der Waals surface area contributed by atoms with Gasteiger partial charge in [0.1, 0.15) is 11.0 Å². The van der Waals surface area contributed by atoms with Crippen molar-refractivity contribution in [1.29, 1.82) is 0 Å². The third-order valence-corrected chi connectivity index (χ3v) is 3.06. The van der Waals surface area contributed by atoms with E-state index in [1.807, 2.05) is 13.8 Å². The molecule has 1 aliphatic heterocycles. The molecule has 0 aliphatic carbocycles. The van der Waals surface area contributed by atoms with E-state index >= 15 is 0 Å². The maximum absolute atomic E-state index is 9.26. The highest BCUT2D eigenvalue weighted by Gasteiger charge is 2.19. The summed E-state index contributed by atoms with van der Waals surface area (Å²) in [5, 5.41) is 12.7. The second-order valence-electron chi connectivity index (χ2n) is 5.14. The lowest BCUT2D eigenvalue weighted by Gasteiger charge is -2.29. The van der Waals surface area contributed by atoms with E-state index in [1.54, 1.807) is 6.07 Å². The number of hydrogen-bond acceptors (Lipinski definition) is 6. The number of ether oxygens (including phenoxy) is 1. The predicted molar refractivity (Wildman–Crippen MR) is 74.9 cm³/mol. The Balaban J connectivity index is 2.19. The molecule has 1 saturated heterocycles. The molecule has 2 heterocycles. The Labute approximate surface area is 117 Å². The van der Waals surface area contributed by atoms with Gasteiger partial charge in [0.05, 0.1) is 25.4 Å². The fourth-order valence-electron chi connectivity index (χ4n) is 1.76. The Bertz CT molecular complexity index is 436. The maximum atomic E-state index is 9.26. The zero-order valence-electron chi connectivity index (χ0n) is 11.2. The van der Waals surface area contributed by atoms with Crippen LogP contribution in [-0.2, 0) is 4.74 Å². The van der Waals surface area contributed by atoms with Gasteiger partial charge in [0, 0.05) is 19.2 Å². The molecular weight excluding hydrogens is 268 g/mol. The number of halogens is 1. The molecule has 0 bridgehead atoms. The van der Waals surface area contributed by atoms with Crippen LogP contribution < -0.4 is 10.2 Å². The van der Waals surface area contributed by atoms with E-state index in [4.69, 9.17) is 16.3 Å². The molecule has 2 rings (SSSR count). The molecule has 0 atom stereocenters. The van der Waals surface area contributed by atoms with E-state index in [1.165, 1.54) is 0 Å². The quantitative estimate of drug-likeness (QED) is 0.809. The minimum Gasteiger partial charge on any atom is -0.394 e. The van der Waals surface area contributed by atoms with Crippen molar-refractivity contribution in [2.75, 3.05) is 43.1 Å². The van der Waals surface area contributed by atoms with Gasteiger partial charge >= 0.3 is 0 Å². The SMILES string of the molecule is CC(C)(CO)Nc1nc(Cl)cc(N2CCOCC2)n1. The van der Waals surface area contributed by atoms with Crippen LogP contribution in [-0.4, -0.2) is 53.5 Å². The number of rotatable bonds is 4. The molecule has 2 N–H and O–H groups in total. The van der Waals surface area contributed by atoms with Crippen molar-refractivity contribution < 1.29 is 9.84 Å². The summed E-state index contributed by atoms with van der Waals surface area (Å²) in [5.41, 5.74) is -0.493. The smallest absolute Gasteiger partial charge is 0.226 e. The molecule has 0 saturated carbocycles. The minimum atomic E-state index is -0.493. The standard InChI is InChI=1S/C12H19ClN4O2/c1-12(2,8-18)16-11-14-9(13)7-10(15-11)17-3-5-19-6-4-17/h7,18H,3-6,8H2,1-2H3,(H,14,15,16). The van der Waals surface area contributed by atoms with Gasteiger partial charge in [-0.15, -0.1) is 0 Å². The first-order valence-corrected chi connectivity index (χ1v) is 6.64. The highest BCUT2D eigenvalue weighted by atomic mass is 35.5. The van der Waals surface area contributed by atoms with Gasteiger partial charge in [0.2, 0.25) is 5.95 Å². The van der Waals surface area contributed by atoms with E-state index < -0.39 is 5.54 Å². The average Bonchev–Trinajstić information content (AvgIpc) is 2.38. The number of hydrogen-bond donors (Lipinski definition) is 2. The number of aliphatic hydroxyl groups is 1. The fourth-order valence-corrected chi connectivity index (χ4v) is 1.94. The lowest BCUT2D eigenvalue weighted by Crippen LogP contribution is -2.38. The number of anilines is 2. The molecule has 6 nitrogen and oxygen atoms in total. The molecular formula is C12H19ClN4O2. The second-order valence-corrected chi connectivity index (χ2v) is 5.53. The number of aromatic nitrogens is 2. The molecule has 0 aromatic carbocycles. The van der Waals surface area contributed by atoms with Gasteiger partial charge < -0.3 is 20.1 Å². The van der Waals surface area contributed by atoms with E-state index in [0.717, 1.165) is 18.9 Å². The lowest BCUT2D eigenvalue weighted by atomic mass is 10.1. The van der Waals surface area contributed by atoms with Crippen LogP contribution >= 0.6 is 11.6 Å². The number of nitrogens with one attached hydrogen (secondary N) is 1. The van der Waals surface area contributed by atoms with Crippen molar-refractivity contribution in [3.8, 4) is 0 Å². The summed E-state index contributed by atoms with van der Waals surface area (Å²) in [6, 6.07) is 1.74. The summed E-state index contributed by atoms with van der Waals surface area (Å²) in [7, 11) is 0. The van der Waals surface area contributed by atoms with Crippen LogP contribution in [0.2, 0.25) is 5.15 Å². The van der Waals surface area contributed by atoms with Crippen molar-refractivity contribution >= 4 is 23.4 Å². The fraction of sp³-hybridized carbons (Fsp3) is 0.667. The molecule has 0 spiro atoms. The Morgan fingerprint density at radius 1 is 1.42 bits per heavy atom. The van der Waals surface area contributed by atoms with Crippen LogP contribution in [0.15, 0.2) is 6.07 Å². The minimum absolute atomic E-state index is 0.0181. The summed E-state index contributed by atoms with van der Waals surface area (Å²) in [6.07, 6.45) is 0. The monoisotopic (exact) mass is 286 g/mol. The molecule has 1 aliphatic rings. The van der Waals surface area contributed by atoms with Gasteiger partial charge in [-0.3, -0.25) is 0 Å². The number of morpholine rings is 1. The van der Waals surface area contributed by atoms with E-state index in [0.29, 0.717) is 24.3 Å². The molecule has 19 heavy (non-hydrogen) atoms. The van der Waals surface area contributed by atoms with Crippen LogP contribution in [0.3, 0.4) is 0 Å². The van der Waals surface area contributed by atoms with Gasteiger partial charge in [-0.05, 0) is 13.8 Å². The third-order valence-electron chi connectivity index (χ3n) is 2.86. The van der Waals surface area contributed by atoms with E-state index in [2.05, 4.69) is 20.2 Å². The Morgan fingerprint density at radius 2 is 2.11 bits per heavy atom. The summed E-state index contributed by atoms with van der Waals surface area (Å²) >= 11 is 6.03. The van der Waals surface area contributed by atoms with Crippen molar-refractivity contribution in [3.63, 3.8) is 0 Å². The first-order chi connectivity index (χ1) is 9.00. The summed E-state index contributed by atoms with van der Waals surface area (Å²) in [6.45, 7) is 6.67. The first kappa shape index (κ1) is 14.3. The molecule has 1 fully saturated rings. The second kappa shape index (κ2) is 5.90. The lowest BCUT2D eigenvalue weighted by molar-refractivity contribution is 0.122. The van der Waals surface area contributed by atoms with Crippen LogP contribution in [0.25, 0.3) is 0 Å².